The van der Waals surface area contributed by atoms with Gasteiger partial charge < -0.3 is 16.0 Å². The Morgan fingerprint density at radius 3 is 2.00 bits per heavy atom. The van der Waals surface area contributed by atoms with Crippen molar-refractivity contribution in [3.63, 3.8) is 0 Å². The Balaban J connectivity index is 1.06. The number of carbonyl (C=O) groups excluding carboxylic acids is 2. The highest BCUT2D eigenvalue weighted by molar-refractivity contribution is 7.80. The van der Waals surface area contributed by atoms with Gasteiger partial charge in [0.25, 0.3) is 11.8 Å². The lowest BCUT2D eigenvalue weighted by Crippen LogP contribution is -2.39. The van der Waals surface area contributed by atoms with Gasteiger partial charge in [-0.15, -0.1) is 0 Å². The first-order chi connectivity index (χ1) is 21.1. The standard InChI is InChI=1S/C36H28N4O2S/c41-34-29-16-8-15-28-31(18-17-30(32(28)29)35(42)40(34)22-23-9-2-1-3-10-23)37-19-20-38-36(43)39-33-26-13-6-4-11-24(26)21-25-12-5-7-14-27(25)33/h1-18,21,37H,19-20,22H2,(H2,38,39,43). The molecule has 0 radical (unpaired) electrons. The fourth-order valence-electron chi connectivity index (χ4n) is 5.89. The highest BCUT2D eigenvalue weighted by Gasteiger charge is 2.33. The Labute approximate surface area is 254 Å². The summed E-state index contributed by atoms with van der Waals surface area (Å²) in [7, 11) is 0. The molecular formula is C36H28N4O2S. The molecule has 0 atom stereocenters. The number of hydrogen-bond acceptors (Lipinski definition) is 4. The van der Waals surface area contributed by atoms with Crippen LogP contribution in [-0.4, -0.2) is 34.9 Å². The lowest BCUT2D eigenvalue weighted by atomic mass is 9.92. The van der Waals surface area contributed by atoms with E-state index < -0.39 is 0 Å². The quantitative estimate of drug-likeness (QED) is 0.0794. The number of hydrogen-bond donors (Lipinski definition) is 3. The van der Waals surface area contributed by atoms with Crippen LogP contribution >= 0.6 is 12.2 Å². The van der Waals surface area contributed by atoms with Crippen molar-refractivity contribution in [2.75, 3.05) is 23.7 Å². The lowest BCUT2D eigenvalue weighted by Gasteiger charge is -2.28. The second kappa shape index (κ2) is 11.2. The molecule has 6 nitrogen and oxygen atoms in total. The van der Waals surface area contributed by atoms with Crippen LogP contribution in [0.15, 0.2) is 115 Å². The average Bonchev–Trinajstić information content (AvgIpc) is 3.04. The van der Waals surface area contributed by atoms with E-state index in [1.807, 2.05) is 78.9 Å². The number of nitrogens with zero attached hydrogens (tertiary/aromatic N) is 1. The van der Waals surface area contributed by atoms with E-state index in [-0.39, 0.29) is 18.4 Å². The van der Waals surface area contributed by atoms with Gasteiger partial charge in [0.2, 0.25) is 0 Å². The second-order valence-corrected chi connectivity index (χ2v) is 11.0. The zero-order chi connectivity index (χ0) is 29.3. The summed E-state index contributed by atoms with van der Waals surface area (Å²) in [5.74, 6) is -0.550. The number of carbonyl (C=O) groups is 2. The number of imide groups is 1. The zero-order valence-electron chi connectivity index (χ0n) is 23.3. The van der Waals surface area contributed by atoms with Crippen LogP contribution in [-0.2, 0) is 6.54 Å². The Hall–Kier alpha value is -5.27. The van der Waals surface area contributed by atoms with Gasteiger partial charge in [-0.05, 0) is 52.8 Å². The molecular weight excluding hydrogens is 552 g/mol. The number of benzene rings is 6. The highest BCUT2D eigenvalue weighted by atomic mass is 32.1. The van der Waals surface area contributed by atoms with Crippen LogP contribution in [0.4, 0.5) is 11.4 Å². The topological polar surface area (TPSA) is 73.5 Å². The zero-order valence-corrected chi connectivity index (χ0v) is 24.1. The molecule has 2 amide bonds. The van der Waals surface area contributed by atoms with Crippen molar-refractivity contribution in [1.29, 1.82) is 0 Å². The normalized spacial score (nSPS) is 12.6. The summed E-state index contributed by atoms with van der Waals surface area (Å²) in [5.41, 5.74) is 3.83. The fraction of sp³-hybridized carbons (Fsp3) is 0.0833. The van der Waals surface area contributed by atoms with Gasteiger partial charge in [0.15, 0.2) is 5.11 Å². The summed E-state index contributed by atoms with van der Waals surface area (Å²) >= 11 is 5.68. The number of anilines is 2. The van der Waals surface area contributed by atoms with Crippen LogP contribution in [0.2, 0.25) is 0 Å². The Kier molecular flexibility index (Phi) is 6.93. The van der Waals surface area contributed by atoms with E-state index in [0.717, 1.165) is 43.9 Å². The summed E-state index contributed by atoms with van der Waals surface area (Å²) in [6, 6.07) is 37.7. The summed E-state index contributed by atoms with van der Waals surface area (Å²) in [5, 5.41) is 16.8. The molecule has 0 aromatic heterocycles. The van der Waals surface area contributed by atoms with Crippen molar-refractivity contribution in [3.05, 3.63) is 132 Å². The van der Waals surface area contributed by atoms with Gasteiger partial charge in [-0.2, -0.15) is 0 Å². The molecule has 1 aliphatic rings. The first-order valence-corrected chi connectivity index (χ1v) is 14.6. The van der Waals surface area contributed by atoms with E-state index in [1.54, 1.807) is 6.07 Å². The molecule has 43 heavy (non-hydrogen) atoms. The molecule has 6 aromatic rings. The molecule has 3 N–H and O–H groups in total. The maximum Gasteiger partial charge on any atom is 0.261 e. The third-order valence-electron chi connectivity index (χ3n) is 7.91. The minimum atomic E-state index is -0.275. The van der Waals surface area contributed by atoms with Crippen molar-refractivity contribution in [2.45, 2.75) is 6.54 Å². The van der Waals surface area contributed by atoms with Gasteiger partial charge in [0.1, 0.15) is 0 Å². The molecule has 7 heteroatoms. The maximum atomic E-state index is 13.4. The molecule has 7 rings (SSSR count). The van der Waals surface area contributed by atoms with Crippen molar-refractivity contribution in [1.82, 2.24) is 10.2 Å². The highest BCUT2D eigenvalue weighted by Crippen LogP contribution is 2.35. The summed E-state index contributed by atoms with van der Waals surface area (Å²) < 4.78 is 0. The monoisotopic (exact) mass is 580 g/mol. The van der Waals surface area contributed by atoms with Crippen molar-refractivity contribution in [2.24, 2.45) is 0 Å². The molecule has 1 aliphatic heterocycles. The van der Waals surface area contributed by atoms with Crippen LogP contribution in [0.1, 0.15) is 26.3 Å². The Bertz CT molecular complexity index is 1980. The first-order valence-electron chi connectivity index (χ1n) is 14.2. The van der Waals surface area contributed by atoms with Crippen LogP contribution < -0.4 is 16.0 Å². The minimum absolute atomic E-state index is 0.239. The van der Waals surface area contributed by atoms with Crippen molar-refractivity contribution >= 4 is 72.8 Å². The van der Waals surface area contributed by atoms with E-state index >= 15 is 0 Å². The largest absolute Gasteiger partial charge is 0.383 e. The molecule has 6 aromatic carbocycles. The minimum Gasteiger partial charge on any atom is -0.383 e. The van der Waals surface area contributed by atoms with Crippen molar-refractivity contribution < 1.29 is 9.59 Å². The van der Waals surface area contributed by atoms with E-state index in [2.05, 4.69) is 46.3 Å². The van der Waals surface area contributed by atoms with Crippen LogP contribution in [0, 0.1) is 0 Å². The first kappa shape index (κ1) is 26.6. The van der Waals surface area contributed by atoms with Crippen LogP contribution in [0.25, 0.3) is 32.3 Å². The van der Waals surface area contributed by atoms with Crippen LogP contribution in [0.5, 0.6) is 0 Å². The van der Waals surface area contributed by atoms with Gasteiger partial charge in [0.05, 0.1) is 12.2 Å². The summed E-state index contributed by atoms with van der Waals surface area (Å²) in [6.07, 6.45) is 0. The summed E-state index contributed by atoms with van der Waals surface area (Å²) in [6.45, 7) is 1.39. The van der Waals surface area contributed by atoms with Gasteiger partial charge in [-0.25, -0.2) is 0 Å². The van der Waals surface area contributed by atoms with E-state index in [0.29, 0.717) is 34.7 Å². The molecule has 1 heterocycles. The molecule has 0 spiro atoms. The number of amides is 2. The maximum absolute atomic E-state index is 13.4. The van der Waals surface area contributed by atoms with E-state index in [9.17, 15) is 9.59 Å². The average molecular weight is 581 g/mol. The molecule has 210 valence electrons. The number of rotatable bonds is 7. The molecule has 0 aliphatic carbocycles. The van der Waals surface area contributed by atoms with Crippen molar-refractivity contribution in [3.8, 4) is 0 Å². The number of nitrogens with one attached hydrogen (secondary N) is 3. The predicted molar refractivity (Wildman–Crippen MR) is 179 cm³/mol. The Morgan fingerprint density at radius 2 is 1.28 bits per heavy atom. The van der Waals surface area contributed by atoms with Crippen LogP contribution in [0.3, 0.4) is 0 Å². The van der Waals surface area contributed by atoms with Gasteiger partial charge >= 0.3 is 0 Å². The smallest absolute Gasteiger partial charge is 0.261 e. The van der Waals surface area contributed by atoms with Gasteiger partial charge in [-0.3, -0.25) is 14.5 Å². The number of thiocarbonyl (C=S) groups is 1. The molecule has 0 saturated heterocycles. The third-order valence-corrected chi connectivity index (χ3v) is 8.16. The molecule has 0 unspecified atom stereocenters. The Morgan fingerprint density at radius 1 is 0.651 bits per heavy atom. The molecule has 0 bridgehead atoms. The molecule has 0 fully saturated rings. The fourth-order valence-corrected chi connectivity index (χ4v) is 6.09. The number of fused-ring (bicyclic) bond motifs is 2. The second-order valence-electron chi connectivity index (χ2n) is 10.6. The van der Waals surface area contributed by atoms with Gasteiger partial charge in [-0.1, -0.05) is 91.0 Å². The van der Waals surface area contributed by atoms with E-state index in [1.165, 1.54) is 4.90 Å². The van der Waals surface area contributed by atoms with E-state index in [4.69, 9.17) is 12.2 Å². The summed E-state index contributed by atoms with van der Waals surface area (Å²) in [4.78, 5) is 28.2. The lowest BCUT2D eigenvalue weighted by molar-refractivity contribution is 0.0598. The third kappa shape index (κ3) is 4.94. The predicted octanol–water partition coefficient (Wildman–Crippen LogP) is 7.34. The SMILES string of the molecule is O=C1c2cccc3c(NCCNC(=S)Nc4c5ccccc5cc5ccccc45)ccc(c23)C(=O)N1Cc1ccccc1. The molecule has 0 saturated carbocycles. The van der Waals surface area contributed by atoms with Gasteiger partial charge in [0, 0.05) is 51.4 Å².